The lowest BCUT2D eigenvalue weighted by molar-refractivity contribution is -0.0604. The van der Waals surface area contributed by atoms with Gasteiger partial charge in [-0.1, -0.05) is 12.1 Å². The smallest absolute Gasteiger partial charge is 0.193 e. The molecule has 2 aromatic carbocycles. The van der Waals surface area contributed by atoms with Crippen molar-refractivity contribution in [3.63, 3.8) is 0 Å². The highest BCUT2D eigenvalue weighted by molar-refractivity contribution is 14.0. The molecule has 0 amide bonds. The van der Waals surface area contributed by atoms with Crippen molar-refractivity contribution in [2.24, 2.45) is 4.99 Å². The van der Waals surface area contributed by atoms with E-state index in [9.17, 15) is 4.39 Å². The first kappa shape index (κ1) is 27.0. The number of ether oxygens (including phenoxy) is 4. The summed E-state index contributed by atoms with van der Waals surface area (Å²) in [7, 11) is 6.65. The van der Waals surface area contributed by atoms with Gasteiger partial charge in [0.05, 0.1) is 34.0 Å². The first-order valence-corrected chi connectivity index (χ1v) is 10.6. The van der Waals surface area contributed by atoms with Gasteiger partial charge >= 0.3 is 0 Å². The third-order valence-electron chi connectivity index (χ3n) is 5.49. The highest BCUT2D eigenvalue weighted by Crippen LogP contribution is 2.34. The van der Waals surface area contributed by atoms with Gasteiger partial charge in [-0.25, -0.2) is 4.39 Å². The Morgan fingerprint density at radius 3 is 2.27 bits per heavy atom. The van der Waals surface area contributed by atoms with E-state index in [4.69, 9.17) is 18.9 Å². The average Bonchev–Trinajstić information content (AvgIpc) is 2.81. The predicted molar refractivity (Wildman–Crippen MR) is 138 cm³/mol. The minimum absolute atomic E-state index is 0. The van der Waals surface area contributed by atoms with Crippen molar-refractivity contribution in [1.29, 1.82) is 0 Å². The number of nitrogens with one attached hydrogen (secondary N) is 1. The van der Waals surface area contributed by atoms with Crippen LogP contribution < -0.4 is 19.5 Å². The molecule has 0 saturated carbocycles. The lowest BCUT2D eigenvalue weighted by Gasteiger charge is -2.38. The lowest BCUT2D eigenvalue weighted by atomic mass is 10.1. The van der Waals surface area contributed by atoms with Crippen LogP contribution in [-0.4, -0.2) is 65.0 Å². The van der Waals surface area contributed by atoms with Gasteiger partial charge in [-0.15, -0.1) is 24.0 Å². The fraction of sp³-hybridized carbons (Fsp3) is 0.458. The molecule has 2 atom stereocenters. The molecule has 0 aromatic heterocycles. The van der Waals surface area contributed by atoms with Crippen LogP contribution in [0.15, 0.2) is 41.4 Å². The molecule has 1 heterocycles. The summed E-state index contributed by atoms with van der Waals surface area (Å²) in [5, 5.41) is 3.44. The monoisotopic (exact) mass is 573 g/mol. The van der Waals surface area contributed by atoms with Crippen molar-refractivity contribution in [1.82, 2.24) is 10.2 Å². The summed E-state index contributed by atoms with van der Waals surface area (Å²) in [4.78, 5) is 6.64. The standard InChI is InChI=1S/C24H32FN3O4.HI/c1-16-14-28(15-23(32-16)17-6-8-18(25)9-7-17)24(26-2)27-11-10-20-21(30-4)12-19(29-3)13-22(20)31-5;/h6-9,12-13,16,23H,10-11,14-15H2,1-5H3,(H,26,27);1H. The van der Waals surface area contributed by atoms with Crippen LogP contribution in [0.4, 0.5) is 4.39 Å². The topological polar surface area (TPSA) is 64.6 Å². The molecule has 1 aliphatic heterocycles. The first-order valence-electron chi connectivity index (χ1n) is 10.6. The Bertz CT molecular complexity index is 901. The van der Waals surface area contributed by atoms with E-state index in [0.717, 1.165) is 17.1 Å². The summed E-state index contributed by atoms with van der Waals surface area (Å²) >= 11 is 0. The first-order chi connectivity index (χ1) is 15.5. The zero-order valence-corrected chi connectivity index (χ0v) is 22.1. The van der Waals surface area contributed by atoms with Gasteiger partial charge in [0.25, 0.3) is 0 Å². The number of rotatable bonds is 7. The van der Waals surface area contributed by atoms with E-state index >= 15 is 0 Å². The largest absolute Gasteiger partial charge is 0.496 e. The molecule has 2 unspecified atom stereocenters. The normalized spacial score (nSPS) is 18.4. The molecular formula is C24H33FIN3O4. The fourth-order valence-electron chi connectivity index (χ4n) is 3.94. The zero-order valence-electron chi connectivity index (χ0n) is 19.8. The molecule has 182 valence electrons. The molecule has 0 radical (unpaired) electrons. The third kappa shape index (κ3) is 6.86. The predicted octanol–water partition coefficient (Wildman–Crippen LogP) is 4.05. The minimum atomic E-state index is -0.253. The Labute approximate surface area is 212 Å². The number of guanidine groups is 1. The molecule has 7 nitrogen and oxygen atoms in total. The van der Waals surface area contributed by atoms with Crippen LogP contribution in [0, 0.1) is 5.82 Å². The number of methoxy groups -OCH3 is 3. The van der Waals surface area contributed by atoms with Crippen LogP contribution in [0.25, 0.3) is 0 Å². The Morgan fingerprint density at radius 2 is 1.73 bits per heavy atom. The number of nitrogens with zero attached hydrogens (tertiary/aromatic N) is 2. The maximum absolute atomic E-state index is 13.3. The highest BCUT2D eigenvalue weighted by atomic mass is 127. The molecule has 1 fully saturated rings. The van der Waals surface area contributed by atoms with E-state index < -0.39 is 0 Å². The van der Waals surface area contributed by atoms with Crippen LogP contribution in [0.3, 0.4) is 0 Å². The van der Waals surface area contributed by atoms with Gasteiger partial charge in [-0.2, -0.15) is 0 Å². The molecule has 3 rings (SSSR count). The van der Waals surface area contributed by atoms with Gasteiger partial charge in [-0.3, -0.25) is 4.99 Å². The van der Waals surface area contributed by atoms with Crippen molar-refractivity contribution in [3.05, 3.63) is 53.3 Å². The molecule has 33 heavy (non-hydrogen) atoms. The van der Waals surface area contributed by atoms with Crippen LogP contribution in [0.1, 0.15) is 24.2 Å². The van der Waals surface area contributed by atoms with Gasteiger partial charge < -0.3 is 29.2 Å². The van der Waals surface area contributed by atoms with E-state index in [1.54, 1.807) is 40.5 Å². The molecule has 0 bridgehead atoms. The van der Waals surface area contributed by atoms with Crippen molar-refractivity contribution >= 4 is 29.9 Å². The zero-order chi connectivity index (χ0) is 23.1. The number of morpholine rings is 1. The Kier molecular flexibility index (Phi) is 10.5. The highest BCUT2D eigenvalue weighted by Gasteiger charge is 2.28. The quantitative estimate of drug-likeness (QED) is 0.307. The molecule has 1 aliphatic rings. The average molecular weight is 573 g/mol. The second-order valence-corrected chi connectivity index (χ2v) is 7.63. The molecule has 0 aliphatic carbocycles. The molecule has 2 aromatic rings. The Balaban J connectivity index is 0.00000385. The second-order valence-electron chi connectivity index (χ2n) is 7.63. The maximum Gasteiger partial charge on any atom is 0.193 e. The molecule has 1 saturated heterocycles. The lowest BCUT2D eigenvalue weighted by Crippen LogP contribution is -2.51. The summed E-state index contributed by atoms with van der Waals surface area (Å²) in [5.74, 6) is 2.65. The van der Waals surface area contributed by atoms with E-state index in [1.165, 1.54) is 12.1 Å². The van der Waals surface area contributed by atoms with Crippen LogP contribution >= 0.6 is 24.0 Å². The van der Waals surface area contributed by atoms with Crippen molar-refractivity contribution < 1.29 is 23.3 Å². The van der Waals surface area contributed by atoms with E-state index in [2.05, 4.69) is 15.2 Å². The minimum Gasteiger partial charge on any atom is -0.496 e. The van der Waals surface area contributed by atoms with E-state index in [-0.39, 0.29) is 42.0 Å². The molecule has 9 heteroatoms. The summed E-state index contributed by atoms with van der Waals surface area (Å²) < 4.78 is 35.8. The Morgan fingerprint density at radius 1 is 1.09 bits per heavy atom. The third-order valence-corrected chi connectivity index (χ3v) is 5.49. The summed E-state index contributed by atoms with van der Waals surface area (Å²) in [6.45, 7) is 4.01. The summed E-state index contributed by atoms with van der Waals surface area (Å²) in [6, 6.07) is 10.2. The number of halogens is 2. The van der Waals surface area contributed by atoms with Crippen LogP contribution in [0.5, 0.6) is 17.2 Å². The van der Waals surface area contributed by atoms with Gasteiger partial charge in [0.15, 0.2) is 5.96 Å². The second kappa shape index (κ2) is 12.8. The van der Waals surface area contributed by atoms with Gasteiger partial charge in [-0.05, 0) is 31.0 Å². The molecule has 1 N–H and O–H groups in total. The summed E-state index contributed by atoms with van der Waals surface area (Å²) in [6.07, 6.45) is 0.537. The Hall–Kier alpha value is -2.27. The number of hydrogen-bond acceptors (Lipinski definition) is 5. The fourth-order valence-corrected chi connectivity index (χ4v) is 3.94. The molecular weight excluding hydrogens is 540 g/mol. The number of aliphatic imine (C=N–C) groups is 1. The van der Waals surface area contributed by atoms with Crippen molar-refractivity contribution in [2.45, 2.75) is 25.6 Å². The van der Waals surface area contributed by atoms with Gasteiger partial charge in [0.2, 0.25) is 0 Å². The molecule has 0 spiro atoms. The summed E-state index contributed by atoms with van der Waals surface area (Å²) in [5.41, 5.74) is 1.91. The van der Waals surface area contributed by atoms with Crippen molar-refractivity contribution in [2.75, 3.05) is 48.0 Å². The SMILES string of the molecule is CN=C(NCCc1c(OC)cc(OC)cc1OC)N1CC(C)OC(c2ccc(F)cc2)C1.I. The van der Waals surface area contributed by atoms with Crippen molar-refractivity contribution in [3.8, 4) is 17.2 Å². The van der Waals surface area contributed by atoms with Gasteiger partial charge in [0, 0.05) is 37.8 Å². The van der Waals surface area contributed by atoms with E-state index in [0.29, 0.717) is 43.3 Å². The number of hydrogen-bond donors (Lipinski definition) is 1. The van der Waals surface area contributed by atoms with Crippen LogP contribution in [-0.2, 0) is 11.2 Å². The maximum atomic E-state index is 13.3. The van der Waals surface area contributed by atoms with Crippen LogP contribution in [0.2, 0.25) is 0 Å². The number of benzene rings is 2. The van der Waals surface area contributed by atoms with Gasteiger partial charge in [0.1, 0.15) is 29.2 Å². The van der Waals surface area contributed by atoms with E-state index in [1.807, 2.05) is 19.1 Å².